The van der Waals surface area contributed by atoms with Crippen LogP contribution in [0.3, 0.4) is 0 Å². The zero-order valence-corrected chi connectivity index (χ0v) is 9.80. The minimum Gasteiger partial charge on any atom is -0.374 e. The molecule has 2 unspecified atom stereocenters. The third-order valence-corrected chi connectivity index (χ3v) is 3.13. The summed E-state index contributed by atoms with van der Waals surface area (Å²) in [6.07, 6.45) is 0.194. The van der Waals surface area contributed by atoms with Crippen molar-refractivity contribution in [3.8, 4) is 0 Å². The Morgan fingerprint density at radius 1 is 1.38 bits per heavy atom. The average molecular weight is 220 g/mol. The molecule has 3 heteroatoms. The molecule has 0 aliphatic carbocycles. The van der Waals surface area contributed by atoms with E-state index in [9.17, 15) is 0 Å². The quantitative estimate of drug-likeness (QED) is 0.833. The maximum Gasteiger partial charge on any atom is 0.0824 e. The molecule has 1 fully saturated rings. The van der Waals surface area contributed by atoms with Crippen molar-refractivity contribution in [3.63, 3.8) is 0 Å². The number of morpholine rings is 1. The molecule has 2 N–H and O–H groups in total. The Labute approximate surface area is 97.2 Å². The van der Waals surface area contributed by atoms with Gasteiger partial charge in [0.1, 0.15) is 0 Å². The molecular formula is C13H20N2O. The highest BCUT2D eigenvalue weighted by molar-refractivity contribution is 5.14. The van der Waals surface area contributed by atoms with Gasteiger partial charge in [-0.1, -0.05) is 30.3 Å². The van der Waals surface area contributed by atoms with Gasteiger partial charge in [-0.25, -0.2) is 0 Å². The van der Waals surface area contributed by atoms with Gasteiger partial charge in [0.15, 0.2) is 0 Å². The first-order chi connectivity index (χ1) is 7.79. The minimum absolute atomic E-state index is 0.194. The number of rotatable bonds is 3. The van der Waals surface area contributed by atoms with E-state index in [0.29, 0.717) is 12.6 Å². The Kier molecular flexibility index (Phi) is 3.93. The van der Waals surface area contributed by atoms with Gasteiger partial charge in [-0.2, -0.15) is 0 Å². The van der Waals surface area contributed by atoms with Gasteiger partial charge in [0, 0.05) is 25.7 Å². The smallest absolute Gasteiger partial charge is 0.0824 e. The second kappa shape index (κ2) is 5.43. The zero-order valence-electron chi connectivity index (χ0n) is 9.80. The van der Waals surface area contributed by atoms with E-state index in [1.165, 1.54) is 5.56 Å². The summed E-state index contributed by atoms with van der Waals surface area (Å²) in [7, 11) is 0. The maximum absolute atomic E-state index is 5.65. The van der Waals surface area contributed by atoms with Crippen LogP contribution >= 0.6 is 0 Å². The molecule has 88 valence electrons. The summed E-state index contributed by atoms with van der Waals surface area (Å²) >= 11 is 0. The SMILES string of the molecule is CC1COC(CN)CN1Cc1ccccc1. The van der Waals surface area contributed by atoms with Crippen molar-refractivity contribution < 1.29 is 4.74 Å². The molecule has 1 heterocycles. The first kappa shape index (κ1) is 11.6. The fourth-order valence-corrected chi connectivity index (χ4v) is 2.06. The first-order valence-corrected chi connectivity index (χ1v) is 5.89. The summed E-state index contributed by atoms with van der Waals surface area (Å²) in [6.45, 7) is 5.52. The Hall–Kier alpha value is -0.900. The molecule has 0 bridgehead atoms. The van der Waals surface area contributed by atoms with E-state index in [4.69, 9.17) is 10.5 Å². The summed E-state index contributed by atoms with van der Waals surface area (Å²) in [5, 5.41) is 0. The summed E-state index contributed by atoms with van der Waals surface area (Å²) < 4.78 is 5.64. The highest BCUT2D eigenvalue weighted by Crippen LogP contribution is 2.14. The fourth-order valence-electron chi connectivity index (χ4n) is 2.06. The van der Waals surface area contributed by atoms with E-state index in [-0.39, 0.29) is 6.10 Å². The van der Waals surface area contributed by atoms with Crippen LogP contribution in [0.4, 0.5) is 0 Å². The van der Waals surface area contributed by atoms with Crippen molar-refractivity contribution in [1.29, 1.82) is 0 Å². The topological polar surface area (TPSA) is 38.5 Å². The molecule has 0 saturated carbocycles. The number of benzene rings is 1. The van der Waals surface area contributed by atoms with Crippen molar-refractivity contribution in [2.24, 2.45) is 5.73 Å². The van der Waals surface area contributed by atoms with E-state index in [1.807, 2.05) is 0 Å². The molecule has 1 aromatic carbocycles. The first-order valence-electron chi connectivity index (χ1n) is 5.89. The summed E-state index contributed by atoms with van der Waals surface area (Å²) in [5.74, 6) is 0. The van der Waals surface area contributed by atoms with Crippen molar-refractivity contribution in [2.45, 2.75) is 25.6 Å². The lowest BCUT2D eigenvalue weighted by atomic mass is 10.1. The van der Waals surface area contributed by atoms with Crippen LogP contribution in [-0.2, 0) is 11.3 Å². The van der Waals surface area contributed by atoms with Gasteiger partial charge in [0.2, 0.25) is 0 Å². The third kappa shape index (κ3) is 2.82. The van der Waals surface area contributed by atoms with Gasteiger partial charge in [0.05, 0.1) is 12.7 Å². The summed E-state index contributed by atoms with van der Waals surface area (Å²) in [5.41, 5.74) is 7.01. The predicted molar refractivity (Wildman–Crippen MR) is 65.1 cm³/mol. The summed E-state index contributed by atoms with van der Waals surface area (Å²) in [6, 6.07) is 11.0. The standard InChI is InChI=1S/C13H20N2O/c1-11-10-16-13(7-14)9-15(11)8-12-5-3-2-4-6-12/h2-6,11,13H,7-10,14H2,1H3. The normalized spacial score (nSPS) is 26.9. The van der Waals surface area contributed by atoms with Crippen molar-refractivity contribution in [2.75, 3.05) is 19.7 Å². The molecule has 0 aromatic heterocycles. The van der Waals surface area contributed by atoms with Crippen molar-refractivity contribution in [1.82, 2.24) is 4.90 Å². The van der Waals surface area contributed by atoms with Gasteiger partial charge >= 0.3 is 0 Å². The molecule has 1 aliphatic heterocycles. The van der Waals surface area contributed by atoms with Crippen LogP contribution in [0.1, 0.15) is 12.5 Å². The number of hydrogen-bond acceptors (Lipinski definition) is 3. The molecule has 0 radical (unpaired) electrons. The molecule has 0 spiro atoms. The largest absolute Gasteiger partial charge is 0.374 e. The predicted octanol–water partition coefficient (Wildman–Crippen LogP) is 1.23. The molecule has 0 amide bonds. The second-order valence-corrected chi connectivity index (χ2v) is 4.46. The van der Waals surface area contributed by atoms with Crippen molar-refractivity contribution >= 4 is 0 Å². The molecule has 3 nitrogen and oxygen atoms in total. The Balaban J connectivity index is 1.97. The van der Waals surface area contributed by atoms with E-state index >= 15 is 0 Å². The molecule has 2 rings (SSSR count). The molecule has 16 heavy (non-hydrogen) atoms. The van der Waals surface area contributed by atoms with E-state index in [2.05, 4.69) is 42.2 Å². The minimum atomic E-state index is 0.194. The highest BCUT2D eigenvalue weighted by atomic mass is 16.5. The molecule has 1 saturated heterocycles. The van der Waals surface area contributed by atoms with Crippen LogP contribution in [0.5, 0.6) is 0 Å². The molecule has 2 atom stereocenters. The number of nitrogens with two attached hydrogens (primary N) is 1. The lowest BCUT2D eigenvalue weighted by Crippen LogP contribution is -2.49. The lowest BCUT2D eigenvalue weighted by Gasteiger charge is -2.37. The van der Waals surface area contributed by atoms with Crippen LogP contribution in [0.15, 0.2) is 30.3 Å². The van der Waals surface area contributed by atoms with Gasteiger partial charge in [0.25, 0.3) is 0 Å². The van der Waals surface area contributed by atoms with Crippen LogP contribution in [0.25, 0.3) is 0 Å². The molecule has 1 aliphatic rings. The lowest BCUT2D eigenvalue weighted by molar-refractivity contribution is -0.0567. The maximum atomic E-state index is 5.65. The van der Waals surface area contributed by atoms with Crippen LogP contribution < -0.4 is 5.73 Å². The Morgan fingerprint density at radius 2 is 2.12 bits per heavy atom. The zero-order chi connectivity index (χ0) is 11.4. The number of hydrogen-bond donors (Lipinski definition) is 1. The third-order valence-electron chi connectivity index (χ3n) is 3.13. The number of nitrogens with zero attached hydrogens (tertiary/aromatic N) is 1. The fraction of sp³-hybridized carbons (Fsp3) is 0.538. The van der Waals surface area contributed by atoms with E-state index in [0.717, 1.165) is 19.7 Å². The highest BCUT2D eigenvalue weighted by Gasteiger charge is 2.24. The van der Waals surface area contributed by atoms with E-state index in [1.54, 1.807) is 0 Å². The Bertz CT molecular complexity index is 315. The van der Waals surface area contributed by atoms with Gasteiger partial charge in [-0.15, -0.1) is 0 Å². The molecular weight excluding hydrogens is 200 g/mol. The van der Waals surface area contributed by atoms with Crippen LogP contribution in [0.2, 0.25) is 0 Å². The van der Waals surface area contributed by atoms with Crippen molar-refractivity contribution in [3.05, 3.63) is 35.9 Å². The molecule has 1 aromatic rings. The monoisotopic (exact) mass is 220 g/mol. The summed E-state index contributed by atoms with van der Waals surface area (Å²) in [4.78, 5) is 2.44. The van der Waals surface area contributed by atoms with Gasteiger partial charge in [-0.3, -0.25) is 4.90 Å². The number of ether oxygens (including phenoxy) is 1. The Morgan fingerprint density at radius 3 is 2.81 bits per heavy atom. The van der Waals surface area contributed by atoms with Gasteiger partial charge < -0.3 is 10.5 Å². The van der Waals surface area contributed by atoms with E-state index < -0.39 is 0 Å². The van der Waals surface area contributed by atoms with Crippen LogP contribution in [-0.4, -0.2) is 36.7 Å². The van der Waals surface area contributed by atoms with Crippen LogP contribution in [0, 0.1) is 0 Å². The second-order valence-electron chi connectivity index (χ2n) is 4.46. The van der Waals surface area contributed by atoms with Gasteiger partial charge in [-0.05, 0) is 12.5 Å². The average Bonchev–Trinajstić information content (AvgIpc) is 2.33.